The minimum Gasteiger partial charge on any atom is -0.289 e. The highest BCUT2D eigenvalue weighted by Gasteiger charge is 2.27. The first-order valence-electron chi connectivity index (χ1n) is 9.97. The van der Waals surface area contributed by atoms with E-state index in [0.29, 0.717) is 0 Å². The van der Waals surface area contributed by atoms with Crippen molar-refractivity contribution in [3.63, 3.8) is 0 Å². The fourth-order valence-corrected chi connectivity index (χ4v) is 4.06. The van der Waals surface area contributed by atoms with Gasteiger partial charge in [0.05, 0.1) is 0 Å². The summed E-state index contributed by atoms with van der Waals surface area (Å²) in [7, 11) is 0. The molecule has 0 N–H and O–H groups in total. The van der Waals surface area contributed by atoms with Gasteiger partial charge < -0.3 is 0 Å². The topological polar surface area (TPSA) is 17.1 Å². The van der Waals surface area contributed by atoms with Crippen LogP contribution in [-0.2, 0) is 0 Å². The Morgan fingerprint density at radius 2 is 0.833 bits per heavy atom. The Hall–Kier alpha value is -3.97. The van der Waals surface area contributed by atoms with Crippen molar-refractivity contribution < 1.29 is 4.79 Å². The summed E-state index contributed by atoms with van der Waals surface area (Å²) in [5, 5.41) is 0. The quantitative estimate of drug-likeness (QED) is 0.313. The van der Waals surface area contributed by atoms with Gasteiger partial charge in [-0.15, -0.1) is 0 Å². The zero-order valence-electron chi connectivity index (χ0n) is 16.6. The maximum absolute atomic E-state index is 13.2. The third kappa shape index (κ3) is 2.92. The van der Waals surface area contributed by atoms with Crippen molar-refractivity contribution >= 4 is 17.9 Å². The summed E-state index contributed by atoms with van der Waals surface area (Å²) in [5.74, 6) is 0.0918. The monoisotopic (exact) mass is 384 g/mol. The third-order valence-electron chi connectivity index (χ3n) is 5.78. The van der Waals surface area contributed by atoms with Gasteiger partial charge in [0.25, 0.3) is 0 Å². The fraction of sp³-hybridized carbons (Fsp3) is 0. The van der Waals surface area contributed by atoms with Gasteiger partial charge in [0, 0.05) is 11.1 Å². The van der Waals surface area contributed by atoms with Gasteiger partial charge in [-0.3, -0.25) is 4.79 Å². The first-order chi connectivity index (χ1) is 14.7. The summed E-state index contributed by atoms with van der Waals surface area (Å²) in [6.07, 6.45) is 3.66. The Bertz CT molecular complexity index is 1200. The van der Waals surface area contributed by atoms with E-state index in [4.69, 9.17) is 0 Å². The van der Waals surface area contributed by atoms with Crippen LogP contribution in [0, 0.1) is 0 Å². The molecule has 1 aliphatic carbocycles. The minimum absolute atomic E-state index is 0.0918. The Balaban J connectivity index is 1.53. The van der Waals surface area contributed by atoms with Gasteiger partial charge in [0.15, 0.2) is 5.78 Å². The number of carbonyl (C=O) groups excluding carboxylic acids is 1. The second-order valence-electron chi connectivity index (χ2n) is 7.50. The largest absolute Gasteiger partial charge is 0.289 e. The van der Waals surface area contributed by atoms with Gasteiger partial charge in [0.1, 0.15) is 0 Å². The highest BCUT2D eigenvalue weighted by atomic mass is 16.1. The minimum atomic E-state index is 0.0918. The lowest BCUT2D eigenvalue weighted by Crippen LogP contribution is -1.96. The molecule has 1 aliphatic rings. The molecule has 5 rings (SSSR count). The molecule has 0 saturated carbocycles. The predicted molar refractivity (Wildman–Crippen MR) is 126 cm³/mol. The van der Waals surface area contributed by atoms with Crippen molar-refractivity contribution in [2.45, 2.75) is 0 Å². The number of benzene rings is 4. The van der Waals surface area contributed by atoms with E-state index in [1.54, 1.807) is 0 Å². The molecule has 0 bridgehead atoms. The molecule has 0 radical (unpaired) electrons. The van der Waals surface area contributed by atoms with E-state index < -0.39 is 0 Å². The second-order valence-corrected chi connectivity index (χ2v) is 7.50. The Kier molecular flexibility index (Phi) is 4.30. The summed E-state index contributed by atoms with van der Waals surface area (Å²) < 4.78 is 0. The van der Waals surface area contributed by atoms with E-state index in [1.165, 1.54) is 0 Å². The summed E-state index contributed by atoms with van der Waals surface area (Å²) in [4.78, 5) is 13.2. The Labute approximate surface area is 176 Å². The second kappa shape index (κ2) is 7.13. The lowest BCUT2D eigenvalue weighted by atomic mass is 9.97. The van der Waals surface area contributed by atoms with Gasteiger partial charge in [0.2, 0.25) is 0 Å². The van der Waals surface area contributed by atoms with Crippen LogP contribution in [0.1, 0.15) is 27.0 Å². The molecule has 0 saturated heterocycles. The van der Waals surface area contributed by atoms with Crippen LogP contribution in [0.3, 0.4) is 0 Å². The van der Waals surface area contributed by atoms with Crippen molar-refractivity contribution in [3.05, 3.63) is 120 Å². The van der Waals surface area contributed by atoms with Crippen LogP contribution >= 0.6 is 0 Å². The van der Waals surface area contributed by atoms with Crippen LogP contribution in [0.2, 0.25) is 0 Å². The van der Waals surface area contributed by atoms with E-state index in [1.807, 2.05) is 48.6 Å². The molecule has 0 heterocycles. The van der Waals surface area contributed by atoms with Crippen molar-refractivity contribution in [1.82, 2.24) is 0 Å². The standard InChI is InChI=1S/C29H20O/c1-3-19-5-9-21(10-6-19)23-13-15-25-26-16-14-24(18-28(26)29(30)27(25)17-23)22-11-7-20(4-2)8-12-22/h3-18H,1-2H2. The lowest BCUT2D eigenvalue weighted by molar-refractivity contribution is 0.104. The molecule has 4 aromatic carbocycles. The molecule has 0 spiro atoms. The van der Waals surface area contributed by atoms with Gasteiger partial charge in [-0.05, 0) is 56.6 Å². The molecule has 30 heavy (non-hydrogen) atoms. The fourth-order valence-electron chi connectivity index (χ4n) is 4.06. The zero-order valence-corrected chi connectivity index (χ0v) is 16.6. The van der Waals surface area contributed by atoms with Gasteiger partial charge in [-0.1, -0.05) is 98.1 Å². The average Bonchev–Trinajstić information content (AvgIpc) is 3.10. The van der Waals surface area contributed by atoms with Crippen LogP contribution in [0.25, 0.3) is 45.5 Å². The van der Waals surface area contributed by atoms with Crippen LogP contribution in [0.15, 0.2) is 98.1 Å². The summed E-state index contributed by atoms with van der Waals surface area (Å²) in [6, 6.07) is 28.7. The molecular weight excluding hydrogens is 364 g/mol. The normalized spacial score (nSPS) is 11.7. The van der Waals surface area contributed by atoms with Crippen LogP contribution < -0.4 is 0 Å². The van der Waals surface area contributed by atoms with E-state index in [9.17, 15) is 4.79 Å². The smallest absolute Gasteiger partial charge is 0.194 e. The summed E-state index contributed by atoms with van der Waals surface area (Å²) >= 11 is 0. The molecule has 1 heteroatoms. The molecule has 1 nitrogen and oxygen atoms in total. The van der Waals surface area contributed by atoms with Crippen molar-refractivity contribution in [2.75, 3.05) is 0 Å². The average molecular weight is 384 g/mol. The molecule has 0 aromatic heterocycles. The number of carbonyl (C=O) groups is 1. The number of rotatable bonds is 4. The summed E-state index contributed by atoms with van der Waals surface area (Å²) in [5.41, 5.74) is 10.0. The number of hydrogen-bond donors (Lipinski definition) is 0. The highest BCUT2D eigenvalue weighted by molar-refractivity contribution is 6.22. The molecule has 0 unspecified atom stereocenters. The van der Waals surface area contributed by atoms with E-state index in [2.05, 4.69) is 61.7 Å². The zero-order chi connectivity index (χ0) is 20.7. The SMILES string of the molecule is C=Cc1ccc(-c2ccc3c(c2)C(=O)c2cc(-c4ccc(C=C)cc4)ccc2-3)cc1. The Morgan fingerprint density at radius 3 is 1.20 bits per heavy atom. The Morgan fingerprint density at radius 1 is 0.467 bits per heavy atom. The summed E-state index contributed by atoms with van der Waals surface area (Å²) in [6.45, 7) is 7.60. The first-order valence-corrected chi connectivity index (χ1v) is 9.97. The van der Waals surface area contributed by atoms with Gasteiger partial charge in [-0.25, -0.2) is 0 Å². The molecule has 0 amide bonds. The highest BCUT2D eigenvalue weighted by Crippen LogP contribution is 2.40. The van der Waals surface area contributed by atoms with Crippen LogP contribution in [-0.4, -0.2) is 5.78 Å². The van der Waals surface area contributed by atoms with Crippen molar-refractivity contribution in [2.24, 2.45) is 0 Å². The maximum atomic E-state index is 13.2. The molecule has 4 aromatic rings. The molecule has 142 valence electrons. The van der Waals surface area contributed by atoms with E-state index in [-0.39, 0.29) is 5.78 Å². The van der Waals surface area contributed by atoms with Crippen LogP contribution in [0.5, 0.6) is 0 Å². The molecule has 0 fully saturated rings. The molecule has 0 aliphatic heterocycles. The number of ketones is 1. The van der Waals surface area contributed by atoms with E-state index in [0.717, 1.165) is 55.6 Å². The first kappa shape index (κ1) is 18.1. The predicted octanol–water partition coefficient (Wildman–Crippen LogP) is 7.52. The maximum Gasteiger partial charge on any atom is 0.194 e. The molecular formula is C29H20O. The number of hydrogen-bond acceptors (Lipinski definition) is 1. The van der Waals surface area contributed by atoms with Crippen LogP contribution in [0.4, 0.5) is 0 Å². The van der Waals surface area contributed by atoms with Crippen molar-refractivity contribution in [1.29, 1.82) is 0 Å². The third-order valence-corrected chi connectivity index (χ3v) is 5.78. The van der Waals surface area contributed by atoms with Gasteiger partial charge in [-0.2, -0.15) is 0 Å². The number of fused-ring (bicyclic) bond motifs is 3. The molecule has 0 atom stereocenters. The van der Waals surface area contributed by atoms with Gasteiger partial charge >= 0.3 is 0 Å². The van der Waals surface area contributed by atoms with Crippen molar-refractivity contribution in [3.8, 4) is 33.4 Å². The van der Waals surface area contributed by atoms with E-state index >= 15 is 0 Å². The lowest BCUT2D eigenvalue weighted by Gasteiger charge is -2.06.